The molecule has 54 valence electrons. The SMILES string of the molecule is CCC(CI)OC(=O)O. The fourth-order valence-electron chi connectivity index (χ4n) is 0.367. The van der Waals surface area contributed by atoms with Gasteiger partial charge in [-0.2, -0.15) is 0 Å². The van der Waals surface area contributed by atoms with E-state index in [0.717, 1.165) is 10.8 Å². The summed E-state index contributed by atoms with van der Waals surface area (Å²) >= 11 is 2.09. The maximum atomic E-state index is 9.90. The Bertz CT molecular complexity index is 90.2. The van der Waals surface area contributed by atoms with E-state index < -0.39 is 6.16 Å². The maximum absolute atomic E-state index is 9.90. The molecule has 0 bridgehead atoms. The van der Waals surface area contributed by atoms with Gasteiger partial charge in [0.1, 0.15) is 6.10 Å². The molecule has 4 heteroatoms. The van der Waals surface area contributed by atoms with E-state index in [2.05, 4.69) is 27.3 Å². The zero-order chi connectivity index (χ0) is 7.28. The Morgan fingerprint density at radius 3 is 2.56 bits per heavy atom. The molecule has 0 aliphatic carbocycles. The molecule has 0 aromatic carbocycles. The summed E-state index contributed by atoms with van der Waals surface area (Å²) in [5.74, 6) is 0. The van der Waals surface area contributed by atoms with E-state index in [1.54, 1.807) is 0 Å². The number of carbonyl (C=O) groups is 1. The quantitative estimate of drug-likeness (QED) is 0.468. The van der Waals surface area contributed by atoms with Crippen LogP contribution in [0.4, 0.5) is 4.79 Å². The predicted molar refractivity (Wildman–Crippen MR) is 42.1 cm³/mol. The van der Waals surface area contributed by atoms with Gasteiger partial charge in [0.15, 0.2) is 0 Å². The van der Waals surface area contributed by atoms with Crippen molar-refractivity contribution in [2.24, 2.45) is 0 Å². The Balaban J connectivity index is 3.43. The fraction of sp³-hybridized carbons (Fsp3) is 0.800. The standard InChI is InChI=1S/C5H9IO3/c1-2-4(3-6)9-5(7)8/h4H,2-3H2,1H3,(H,7,8). The molecule has 0 fully saturated rings. The number of hydrogen-bond donors (Lipinski definition) is 1. The summed E-state index contributed by atoms with van der Waals surface area (Å²) < 4.78 is 5.18. The first-order chi connectivity index (χ1) is 4.20. The van der Waals surface area contributed by atoms with Crippen LogP contribution < -0.4 is 0 Å². The summed E-state index contributed by atoms with van der Waals surface area (Å²) in [5, 5.41) is 8.12. The molecule has 0 aliphatic heterocycles. The molecule has 1 N–H and O–H groups in total. The van der Waals surface area contributed by atoms with Gasteiger partial charge in [-0.25, -0.2) is 4.79 Å². The highest BCUT2D eigenvalue weighted by Gasteiger charge is 2.07. The van der Waals surface area contributed by atoms with E-state index in [1.807, 2.05) is 6.92 Å². The van der Waals surface area contributed by atoms with Crippen LogP contribution in [0.25, 0.3) is 0 Å². The van der Waals surface area contributed by atoms with E-state index in [4.69, 9.17) is 5.11 Å². The van der Waals surface area contributed by atoms with Gasteiger partial charge in [0.25, 0.3) is 0 Å². The molecule has 0 saturated heterocycles. The Hall–Kier alpha value is 0. The molecular weight excluding hydrogens is 235 g/mol. The first-order valence-corrected chi connectivity index (χ1v) is 4.18. The molecule has 0 aromatic heterocycles. The van der Waals surface area contributed by atoms with E-state index >= 15 is 0 Å². The average Bonchev–Trinajstić information content (AvgIpc) is 1.82. The molecular formula is C5H9IO3. The summed E-state index contributed by atoms with van der Waals surface area (Å²) in [6, 6.07) is 0. The van der Waals surface area contributed by atoms with Gasteiger partial charge in [0.2, 0.25) is 0 Å². The third kappa shape index (κ3) is 4.50. The monoisotopic (exact) mass is 244 g/mol. The highest BCUT2D eigenvalue weighted by atomic mass is 127. The summed E-state index contributed by atoms with van der Waals surface area (Å²) in [6.07, 6.45) is -0.573. The van der Waals surface area contributed by atoms with Crippen molar-refractivity contribution >= 4 is 28.7 Å². The van der Waals surface area contributed by atoms with E-state index in [0.29, 0.717) is 0 Å². The molecule has 0 radical (unpaired) electrons. The molecule has 9 heavy (non-hydrogen) atoms. The third-order valence-corrected chi connectivity index (χ3v) is 1.88. The zero-order valence-corrected chi connectivity index (χ0v) is 7.29. The van der Waals surface area contributed by atoms with Crippen LogP contribution in [-0.4, -0.2) is 21.8 Å². The van der Waals surface area contributed by atoms with Crippen LogP contribution in [0.5, 0.6) is 0 Å². The molecule has 0 aromatic rings. The van der Waals surface area contributed by atoms with Crippen molar-refractivity contribution in [3.63, 3.8) is 0 Å². The maximum Gasteiger partial charge on any atom is 0.506 e. The summed E-state index contributed by atoms with van der Waals surface area (Å²) in [6.45, 7) is 1.90. The van der Waals surface area contributed by atoms with Crippen LogP contribution in [0, 0.1) is 0 Å². The topological polar surface area (TPSA) is 46.5 Å². The smallest absolute Gasteiger partial charge is 0.450 e. The second-order valence-corrected chi connectivity index (χ2v) is 2.45. The van der Waals surface area contributed by atoms with Gasteiger partial charge >= 0.3 is 6.16 Å². The number of hydrogen-bond acceptors (Lipinski definition) is 2. The number of alkyl halides is 1. The molecule has 0 saturated carbocycles. The molecule has 0 spiro atoms. The molecule has 0 heterocycles. The minimum atomic E-state index is -1.18. The third-order valence-electron chi connectivity index (χ3n) is 0.895. The van der Waals surface area contributed by atoms with E-state index in [9.17, 15) is 4.79 Å². The van der Waals surface area contributed by atoms with Crippen LogP contribution in [0.15, 0.2) is 0 Å². The predicted octanol–water partition coefficient (Wildman–Crippen LogP) is 1.89. The second-order valence-electron chi connectivity index (χ2n) is 1.57. The van der Waals surface area contributed by atoms with Gasteiger partial charge in [-0.3, -0.25) is 0 Å². The Morgan fingerprint density at radius 1 is 1.89 bits per heavy atom. The summed E-state index contributed by atoms with van der Waals surface area (Å²) in [7, 11) is 0. The van der Waals surface area contributed by atoms with Crippen molar-refractivity contribution in [2.75, 3.05) is 4.43 Å². The van der Waals surface area contributed by atoms with Crippen LogP contribution in [0.1, 0.15) is 13.3 Å². The lowest BCUT2D eigenvalue weighted by molar-refractivity contribution is 0.0605. The minimum absolute atomic E-state index is 0.136. The van der Waals surface area contributed by atoms with Crippen LogP contribution in [0.2, 0.25) is 0 Å². The first-order valence-electron chi connectivity index (χ1n) is 2.66. The van der Waals surface area contributed by atoms with Gasteiger partial charge in [-0.1, -0.05) is 29.5 Å². The molecule has 3 nitrogen and oxygen atoms in total. The van der Waals surface area contributed by atoms with Crippen molar-refractivity contribution < 1.29 is 14.6 Å². The van der Waals surface area contributed by atoms with Crippen molar-refractivity contribution in [3.8, 4) is 0 Å². The molecule has 1 unspecified atom stereocenters. The highest BCUT2D eigenvalue weighted by Crippen LogP contribution is 2.01. The number of rotatable bonds is 3. The Kier molecular flexibility index (Phi) is 4.84. The van der Waals surface area contributed by atoms with E-state index in [-0.39, 0.29) is 6.10 Å². The first kappa shape index (κ1) is 9.00. The summed E-state index contributed by atoms with van der Waals surface area (Å²) in [4.78, 5) is 9.90. The van der Waals surface area contributed by atoms with Crippen molar-refractivity contribution in [2.45, 2.75) is 19.4 Å². The van der Waals surface area contributed by atoms with Crippen molar-refractivity contribution in [1.29, 1.82) is 0 Å². The highest BCUT2D eigenvalue weighted by molar-refractivity contribution is 14.1. The largest absolute Gasteiger partial charge is 0.506 e. The van der Waals surface area contributed by atoms with Crippen LogP contribution >= 0.6 is 22.6 Å². The van der Waals surface area contributed by atoms with Gasteiger partial charge in [0, 0.05) is 4.43 Å². The van der Waals surface area contributed by atoms with E-state index in [1.165, 1.54) is 0 Å². The summed E-state index contributed by atoms with van der Waals surface area (Å²) in [5.41, 5.74) is 0. The van der Waals surface area contributed by atoms with Gasteiger partial charge < -0.3 is 9.84 Å². The van der Waals surface area contributed by atoms with Crippen LogP contribution in [0.3, 0.4) is 0 Å². The minimum Gasteiger partial charge on any atom is -0.450 e. The number of halogens is 1. The van der Waals surface area contributed by atoms with Gasteiger partial charge in [0.05, 0.1) is 0 Å². The van der Waals surface area contributed by atoms with Gasteiger partial charge in [-0.15, -0.1) is 0 Å². The molecule has 1 atom stereocenters. The van der Waals surface area contributed by atoms with Crippen molar-refractivity contribution in [1.82, 2.24) is 0 Å². The Labute approximate surface area is 67.5 Å². The zero-order valence-electron chi connectivity index (χ0n) is 5.13. The molecule has 0 rings (SSSR count). The number of ether oxygens (including phenoxy) is 1. The average molecular weight is 244 g/mol. The fourth-order valence-corrected chi connectivity index (χ4v) is 1.17. The Morgan fingerprint density at radius 2 is 2.44 bits per heavy atom. The molecule has 0 aliphatic rings. The lowest BCUT2D eigenvalue weighted by Gasteiger charge is -2.08. The molecule has 0 amide bonds. The lowest BCUT2D eigenvalue weighted by atomic mass is 10.3. The van der Waals surface area contributed by atoms with Crippen molar-refractivity contribution in [3.05, 3.63) is 0 Å². The second kappa shape index (κ2) is 4.84. The van der Waals surface area contributed by atoms with Gasteiger partial charge in [-0.05, 0) is 6.42 Å². The van der Waals surface area contributed by atoms with Crippen LogP contribution in [-0.2, 0) is 4.74 Å². The number of carboxylic acid groups (broad SMARTS) is 1. The lowest BCUT2D eigenvalue weighted by Crippen LogP contribution is -2.16. The normalized spacial score (nSPS) is 12.7.